The van der Waals surface area contributed by atoms with E-state index in [0.717, 1.165) is 91.7 Å². The van der Waals surface area contributed by atoms with Crippen LogP contribution in [0.4, 0.5) is 10.1 Å². The molecule has 0 radical (unpaired) electrons. The fourth-order valence-electron chi connectivity index (χ4n) is 9.11. The van der Waals surface area contributed by atoms with E-state index in [9.17, 15) is 19.5 Å². The lowest BCUT2D eigenvalue weighted by atomic mass is 9.80. The Morgan fingerprint density at radius 2 is 1.77 bits per heavy atom. The maximum Gasteiger partial charge on any atom is 0.317 e. The zero-order valence-electron chi connectivity index (χ0n) is 32.4. The van der Waals surface area contributed by atoms with Crippen LogP contribution < -0.4 is 15.4 Å². The van der Waals surface area contributed by atoms with Gasteiger partial charge in [-0.2, -0.15) is 0 Å². The van der Waals surface area contributed by atoms with Crippen LogP contribution in [0.15, 0.2) is 48.7 Å². The molecule has 2 bridgehead atoms. The van der Waals surface area contributed by atoms with Crippen molar-refractivity contribution >= 4 is 35.4 Å². The maximum atomic E-state index is 15.7. The van der Waals surface area contributed by atoms with Crippen LogP contribution in [0, 0.1) is 24.7 Å². The Morgan fingerprint density at radius 3 is 2.46 bits per heavy atom. The molecule has 294 valence electrons. The molecular weight excluding hydrogens is 716 g/mol. The van der Waals surface area contributed by atoms with Gasteiger partial charge in [-0.25, -0.2) is 9.37 Å². The number of carbonyl (C=O) groups is 3. The molecule has 2 aromatic carbocycles. The van der Waals surface area contributed by atoms with Crippen molar-refractivity contribution in [2.45, 2.75) is 71.9 Å². The van der Waals surface area contributed by atoms with Gasteiger partial charge < -0.3 is 30.2 Å². The summed E-state index contributed by atoms with van der Waals surface area (Å²) in [5.74, 6) is -1.72. The predicted octanol–water partition coefficient (Wildman–Crippen LogP) is 6.78. The molecule has 0 saturated heterocycles. The van der Waals surface area contributed by atoms with Crippen molar-refractivity contribution < 1.29 is 33.7 Å². The molecule has 4 aromatic rings. The second-order valence-electron chi connectivity index (χ2n) is 15.7. The van der Waals surface area contributed by atoms with Crippen molar-refractivity contribution in [2.75, 3.05) is 32.1 Å². The zero-order chi connectivity index (χ0) is 39.8. The van der Waals surface area contributed by atoms with Gasteiger partial charge in [0.05, 0.1) is 24.8 Å². The second kappa shape index (κ2) is 15.6. The molecule has 1 aliphatic heterocycles. The Morgan fingerprint density at radius 1 is 1.04 bits per heavy atom. The maximum absolute atomic E-state index is 15.7. The Labute approximate surface area is 325 Å². The first-order valence-electron chi connectivity index (χ1n) is 19.2. The average Bonchev–Trinajstić information content (AvgIpc) is 3.86. The number of halogens is 1. The first-order chi connectivity index (χ1) is 26.8. The highest BCUT2D eigenvalue weighted by atomic mass is 19.1. The van der Waals surface area contributed by atoms with Gasteiger partial charge in [-0.3, -0.25) is 24.3 Å². The molecule has 2 saturated carbocycles. The van der Waals surface area contributed by atoms with Crippen LogP contribution in [0.5, 0.6) is 5.75 Å². The molecule has 0 atom stereocenters. The predicted molar refractivity (Wildman–Crippen MR) is 211 cm³/mol. The molecule has 2 fully saturated rings. The molecule has 1 amide bonds. The lowest BCUT2D eigenvalue weighted by Gasteiger charge is -2.32. The SMILES string of the molecule is COc1cc(/C(F)=C/c2cccc(-c3cccc(NC(=O)c4nc5c(n4C)CCN(CCC46CCC(C(=O)O)(CC4)C6)C5)c3C)c2C)ncc1CNCC(=O)O. The quantitative estimate of drug-likeness (QED) is 0.108. The van der Waals surface area contributed by atoms with Crippen LogP contribution in [-0.4, -0.2) is 74.2 Å². The standard InChI is InChI=1S/C43H49FN6O6/c1-26-28(19-32(44)34-20-37(56-4)29(22-46-34)21-45-23-38(51)52)7-5-8-30(26)31-9-6-10-33(27(31)2)48-40(53)39-47-35-24-50(17-11-36(35)49(39)3)18-16-42-12-14-43(25-42,15-13-42)41(54)55/h5-10,19-20,22,45H,11-18,21,23-25H2,1-4H3,(H,48,53)(H,51,52)(H,54,55)/b32-19-. The number of fused-ring (bicyclic) bond motifs is 3. The number of carboxylic acids is 2. The van der Waals surface area contributed by atoms with Gasteiger partial charge in [-0.15, -0.1) is 0 Å². The van der Waals surface area contributed by atoms with E-state index >= 15 is 4.39 Å². The third kappa shape index (κ3) is 7.57. The smallest absolute Gasteiger partial charge is 0.317 e. The molecule has 0 spiro atoms. The molecule has 0 unspecified atom stereocenters. The minimum Gasteiger partial charge on any atom is -0.496 e. The number of pyridine rings is 1. The minimum absolute atomic E-state index is 0.0873. The number of hydrogen-bond donors (Lipinski definition) is 4. The van der Waals surface area contributed by atoms with Crippen LogP contribution in [0.2, 0.25) is 0 Å². The molecule has 4 N–H and O–H groups in total. The number of imidazole rings is 1. The number of amides is 1. The van der Waals surface area contributed by atoms with Crippen LogP contribution in [0.1, 0.15) is 88.5 Å². The monoisotopic (exact) mass is 764 g/mol. The number of methoxy groups -OCH3 is 1. The van der Waals surface area contributed by atoms with Crippen molar-refractivity contribution in [3.63, 3.8) is 0 Å². The fourth-order valence-corrected chi connectivity index (χ4v) is 9.11. The van der Waals surface area contributed by atoms with Gasteiger partial charge >= 0.3 is 11.9 Å². The Hall–Kier alpha value is -5.40. The molecule has 2 aliphatic carbocycles. The van der Waals surface area contributed by atoms with E-state index in [1.165, 1.54) is 25.4 Å². The third-order valence-electron chi connectivity index (χ3n) is 12.5. The summed E-state index contributed by atoms with van der Waals surface area (Å²) in [6, 6.07) is 12.9. The van der Waals surface area contributed by atoms with Crippen molar-refractivity contribution in [3.05, 3.63) is 93.8 Å². The van der Waals surface area contributed by atoms with Crippen LogP contribution in [0.25, 0.3) is 23.0 Å². The van der Waals surface area contributed by atoms with Gasteiger partial charge in [0.15, 0.2) is 5.82 Å². The van der Waals surface area contributed by atoms with Gasteiger partial charge in [0.25, 0.3) is 5.91 Å². The summed E-state index contributed by atoms with van der Waals surface area (Å²) in [5, 5.41) is 24.6. The molecule has 3 aliphatic rings. The Balaban J connectivity index is 1.04. The van der Waals surface area contributed by atoms with Crippen molar-refractivity contribution in [1.29, 1.82) is 0 Å². The van der Waals surface area contributed by atoms with Gasteiger partial charge in [-0.05, 0) is 104 Å². The summed E-state index contributed by atoms with van der Waals surface area (Å²) in [6.07, 6.45) is 9.06. The lowest BCUT2D eigenvalue weighted by molar-refractivity contribution is -0.148. The van der Waals surface area contributed by atoms with Crippen molar-refractivity contribution in [2.24, 2.45) is 17.9 Å². The second-order valence-corrected chi connectivity index (χ2v) is 15.7. The summed E-state index contributed by atoms with van der Waals surface area (Å²) < 4.78 is 23.0. The number of benzene rings is 2. The number of rotatable bonds is 14. The molecule has 2 aromatic heterocycles. The summed E-state index contributed by atoms with van der Waals surface area (Å²) in [4.78, 5) is 48.1. The van der Waals surface area contributed by atoms with Crippen LogP contribution in [0.3, 0.4) is 0 Å². The van der Waals surface area contributed by atoms with Crippen LogP contribution >= 0.6 is 0 Å². The van der Waals surface area contributed by atoms with Crippen molar-refractivity contribution in [3.8, 4) is 16.9 Å². The van der Waals surface area contributed by atoms with Gasteiger partial charge in [0.2, 0.25) is 0 Å². The normalized spacial score (nSPS) is 20.6. The number of aliphatic carboxylic acids is 2. The number of nitrogens with one attached hydrogen (secondary N) is 2. The Bertz CT molecular complexity index is 2220. The highest BCUT2D eigenvalue weighted by Crippen LogP contribution is 2.63. The van der Waals surface area contributed by atoms with E-state index in [2.05, 4.69) is 20.5 Å². The number of carboxylic acid groups (broad SMARTS) is 2. The molecule has 3 heterocycles. The molecule has 13 heteroatoms. The van der Waals surface area contributed by atoms with Crippen LogP contribution in [-0.2, 0) is 36.1 Å². The highest BCUT2D eigenvalue weighted by molar-refractivity contribution is 6.03. The van der Waals surface area contributed by atoms with Gasteiger partial charge in [-0.1, -0.05) is 30.3 Å². The van der Waals surface area contributed by atoms with E-state index in [1.54, 1.807) is 0 Å². The summed E-state index contributed by atoms with van der Waals surface area (Å²) in [7, 11) is 3.36. The van der Waals surface area contributed by atoms with E-state index in [4.69, 9.17) is 14.8 Å². The number of ether oxygens (including phenoxy) is 1. The topological polar surface area (TPSA) is 159 Å². The number of nitrogens with zero attached hydrogens (tertiary/aromatic N) is 4. The summed E-state index contributed by atoms with van der Waals surface area (Å²) in [5.41, 5.74) is 7.10. The van der Waals surface area contributed by atoms with Gasteiger partial charge in [0.1, 0.15) is 17.3 Å². The van der Waals surface area contributed by atoms with Gasteiger partial charge in [0, 0.05) is 62.3 Å². The number of carbonyl (C=O) groups excluding carboxylic acids is 1. The lowest BCUT2D eigenvalue weighted by Crippen LogP contribution is -2.34. The minimum atomic E-state index is -0.986. The molecular formula is C43H49FN6O6. The number of hydrogen-bond acceptors (Lipinski definition) is 8. The molecule has 56 heavy (non-hydrogen) atoms. The average molecular weight is 765 g/mol. The van der Waals surface area contributed by atoms with E-state index in [-0.39, 0.29) is 30.1 Å². The Kier molecular flexibility index (Phi) is 10.8. The number of aromatic nitrogens is 3. The first kappa shape index (κ1) is 38.9. The first-order valence-corrected chi connectivity index (χ1v) is 19.2. The van der Waals surface area contributed by atoms with E-state index in [0.29, 0.717) is 34.9 Å². The highest BCUT2D eigenvalue weighted by Gasteiger charge is 2.57. The molecule has 12 nitrogen and oxygen atoms in total. The summed E-state index contributed by atoms with van der Waals surface area (Å²) in [6.45, 7) is 6.29. The summed E-state index contributed by atoms with van der Waals surface area (Å²) >= 11 is 0. The number of anilines is 1. The largest absolute Gasteiger partial charge is 0.496 e. The zero-order valence-corrected chi connectivity index (χ0v) is 32.4. The van der Waals surface area contributed by atoms with E-state index < -0.39 is 23.2 Å². The molecule has 7 rings (SSSR count). The van der Waals surface area contributed by atoms with Crippen molar-refractivity contribution in [1.82, 2.24) is 24.8 Å². The van der Waals surface area contributed by atoms with E-state index in [1.807, 2.05) is 61.9 Å². The fraction of sp³-hybridized carbons (Fsp3) is 0.419. The third-order valence-corrected chi connectivity index (χ3v) is 12.5.